The number of sulfonamides is 1. The van der Waals surface area contributed by atoms with Gasteiger partial charge in [-0.25, -0.2) is 8.42 Å². The van der Waals surface area contributed by atoms with E-state index in [0.717, 1.165) is 6.42 Å². The van der Waals surface area contributed by atoms with Gasteiger partial charge < -0.3 is 10.6 Å². The van der Waals surface area contributed by atoms with Crippen LogP contribution in [0.25, 0.3) is 0 Å². The summed E-state index contributed by atoms with van der Waals surface area (Å²) in [6.45, 7) is 3.80. The van der Waals surface area contributed by atoms with E-state index in [4.69, 9.17) is 0 Å². The van der Waals surface area contributed by atoms with Crippen molar-refractivity contribution in [3.8, 4) is 0 Å². The maximum absolute atomic E-state index is 12.9. The number of rotatable bonds is 6. The Bertz CT molecular complexity index is 704. The molecular formula is C17H25N3O4S. The van der Waals surface area contributed by atoms with Crippen molar-refractivity contribution in [2.24, 2.45) is 0 Å². The highest BCUT2D eigenvalue weighted by atomic mass is 32.2. The minimum absolute atomic E-state index is 0.0194. The molecule has 2 amide bonds. The topological polar surface area (TPSA) is 95.6 Å². The molecule has 8 heteroatoms. The zero-order valence-electron chi connectivity index (χ0n) is 14.6. The van der Waals surface area contributed by atoms with Crippen LogP contribution in [0.15, 0.2) is 35.2 Å². The summed E-state index contributed by atoms with van der Waals surface area (Å²) in [5, 5.41) is 5.24. The fraction of sp³-hybridized carbons (Fsp3) is 0.529. The van der Waals surface area contributed by atoms with Gasteiger partial charge in [0.05, 0.1) is 11.4 Å². The predicted molar refractivity (Wildman–Crippen MR) is 94.3 cm³/mol. The van der Waals surface area contributed by atoms with Crippen LogP contribution in [0, 0.1) is 0 Å². The van der Waals surface area contributed by atoms with Crippen molar-refractivity contribution in [3.63, 3.8) is 0 Å². The van der Waals surface area contributed by atoms with E-state index in [2.05, 4.69) is 10.6 Å². The molecule has 2 N–H and O–H groups in total. The molecule has 1 aliphatic rings. The Morgan fingerprint density at radius 3 is 2.52 bits per heavy atom. The summed E-state index contributed by atoms with van der Waals surface area (Å²) in [6.07, 6.45) is 1.93. The molecule has 0 radical (unpaired) electrons. The van der Waals surface area contributed by atoms with E-state index < -0.39 is 22.0 Å². The van der Waals surface area contributed by atoms with E-state index in [0.29, 0.717) is 19.4 Å². The van der Waals surface area contributed by atoms with Gasteiger partial charge in [-0.15, -0.1) is 0 Å². The van der Waals surface area contributed by atoms with Gasteiger partial charge in [-0.2, -0.15) is 4.31 Å². The van der Waals surface area contributed by atoms with Gasteiger partial charge >= 0.3 is 0 Å². The Morgan fingerprint density at radius 1 is 1.20 bits per heavy atom. The highest BCUT2D eigenvalue weighted by Gasteiger charge is 2.37. The molecule has 1 atom stereocenters. The van der Waals surface area contributed by atoms with E-state index in [1.807, 2.05) is 13.8 Å². The molecule has 0 unspecified atom stereocenters. The Morgan fingerprint density at radius 2 is 1.88 bits per heavy atom. The number of hydrogen-bond donors (Lipinski definition) is 2. The van der Waals surface area contributed by atoms with Crippen LogP contribution < -0.4 is 10.6 Å². The maximum Gasteiger partial charge on any atom is 0.243 e. The van der Waals surface area contributed by atoms with Crippen LogP contribution in [0.4, 0.5) is 0 Å². The molecule has 0 aliphatic carbocycles. The van der Waals surface area contributed by atoms with Crippen molar-refractivity contribution >= 4 is 21.8 Å². The van der Waals surface area contributed by atoms with Gasteiger partial charge in [0.1, 0.15) is 6.04 Å². The average molecular weight is 367 g/mol. The van der Waals surface area contributed by atoms with Gasteiger partial charge in [-0.05, 0) is 38.8 Å². The van der Waals surface area contributed by atoms with Crippen molar-refractivity contribution in [1.82, 2.24) is 14.9 Å². The van der Waals surface area contributed by atoms with E-state index in [1.165, 1.54) is 16.4 Å². The molecule has 7 nitrogen and oxygen atoms in total. The van der Waals surface area contributed by atoms with Crippen LogP contribution in [-0.2, 0) is 19.6 Å². The molecule has 0 spiro atoms. The molecular weight excluding hydrogens is 342 g/mol. The first kappa shape index (κ1) is 19.4. The summed E-state index contributed by atoms with van der Waals surface area (Å²) in [5.74, 6) is -0.727. The Kier molecular flexibility index (Phi) is 6.55. The Hall–Kier alpha value is -1.93. The molecule has 0 bridgehead atoms. The lowest BCUT2D eigenvalue weighted by molar-refractivity contribution is -0.129. The fourth-order valence-corrected chi connectivity index (χ4v) is 4.52. The first-order valence-electron chi connectivity index (χ1n) is 8.46. The average Bonchev–Trinajstić information content (AvgIpc) is 2.60. The highest BCUT2D eigenvalue weighted by Crippen LogP contribution is 2.25. The number of amides is 2. The maximum atomic E-state index is 12.9. The number of carbonyl (C=O) groups is 2. The molecule has 1 aliphatic heterocycles. The fourth-order valence-electron chi connectivity index (χ4n) is 2.84. The van der Waals surface area contributed by atoms with Crippen LogP contribution >= 0.6 is 0 Å². The minimum atomic E-state index is -3.74. The molecule has 2 rings (SSSR count). The van der Waals surface area contributed by atoms with Crippen LogP contribution in [0.2, 0.25) is 0 Å². The van der Waals surface area contributed by atoms with Crippen molar-refractivity contribution in [3.05, 3.63) is 30.3 Å². The Balaban J connectivity index is 2.10. The van der Waals surface area contributed by atoms with Crippen molar-refractivity contribution in [2.45, 2.75) is 50.1 Å². The van der Waals surface area contributed by atoms with Gasteiger partial charge in [-0.3, -0.25) is 9.59 Å². The zero-order valence-corrected chi connectivity index (χ0v) is 15.4. The summed E-state index contributed by atoms with van der Waals surface area (Å²) in [4.78, 5) is 24.3. The van der Waals surface area contributed by atoms with E-state index in [9.17, 15) is 18.0 Å². The minimum Gasteiger partial charge on any atom is -0.352 e. The first-order chi connectivity index (χ1) is 11.8. The van der Waals surface area contributed by atoms with Crippen LogP contribution in [0.1, 0.15) is 33.1 Å². The molecule has 1 heterocycles. The number of hydrogen-bond acceptors (Lipinski definition) is 4. The van der Waals surface area contributed by atoms with Gasteiger partial charge in [0.2, 0.25) is 21.8 Å². The monoisotopic (exact) mass is 367 g/mol. The second-order valence-corrected chi connectivity index (χ2v) is 8.27. The lowest BCUT2D eigenvalue weighted by Gasteiger charge is -2.33. The van der Waals surface area contributed by atoms with Gasteiger partial charge in [0.15, 0.2) is 0 Å². The third kappa shape index (κ3) is 5.02. The standard InChI is InChI=1S/C17H25N3O4S/c1-13(2)19-16(21)12-18-17(22)15-10-6-7-11-20(15)25(23,24)14-8-4-3-5-9-14/h3-5,8-9,13,15H,6-7,10-12H2,1-2H3,(H,18,22)(H,19,21)/t15-/m1/s1. The quantitative estimate of drug-likeness (QED) is 0.780. The Labute approximate surface area is 148 Å². The van der Waals surface area contributed by atoms with E-state index in [1.54, 1.807) is 18.2 Å². The van der Waals surface area contributed by atoms with Crippen LogP contribution in [-0.4, -0.2) is 49.7 Å². The molecule has 0 aromatic heterocycles. The SMILES string of the molecule is CC(C)NC(=O)CNC(=O)[C@H]1CCCCN1S(=O)(=O)c1ccccc1. The third-order valence-corrected chi connectivity index (χ3v) is 5.90. The van der Waals surface area contributed by atoms with Gasteiger partial charge in [-0.1, -0.05) is 24.6 Å². The van der Waals surface area contributed by atoms with E-state index in [-0.39, 0.29) is 23.4 Å². The van der Waals surface area contributed by atoms with Crippen molar-refractivity contribution in [2.75, 3.05) is 13.1 Å². The zero-order chi connectivity index (χ0) is 18.4. The number of nitrogens with zero attached hydrogens (tertiary/aromatic N) is 1. The van der Waals surface area contributed by atoms with Crippen LogP contribution in [0.3, 0.4) is 0 Å². The number of piperidine rings is 1. The second kappa shape index (κ2) is 8.44. The number of nitrogens with one attached hydrogen (secondary N) is 2. The normalized spacial score (nSPS) is 18.8. The number of benzene rings is 1. The summed E-state index contributed by atoms with van der Waals surface area (Å²) < 4.78 is 27.0. The molecule has 1 fully saturated rings. The molecule has 138 valence electrons. The smallest absolute Gasteiger partial charge is 0.243 e. The van der Waals surface area contributed by atoms with Crippen molar-refractivity contribution < 1.29 is 18.0 Å². The lowest BCUT2D eigenvalue weighted by Crippen LogP contribution is -2.53. The highest BCUT2D eigenvalue weighted by molar-refractivity contribution is 7.89. The molecule has 0 saturated carbocycles. The van der Waals surface area contributed by atoms with Gasteiger partial charge in [0.25, 0.3) is 0 Å². The second-order valence-electron chi connectivity index (χ2n) is 6.38. The molecule has 25 heavy (non-hydrogen) atoms. The van der Waals surface area contributed by atoms with Crippen molar-refractivity contribution in [1.29, 1.82) is 0 Å². The summed E-state index contributed by atoms with van der Waals surface area (Å²) in [5.41, 5.74) is 0. The molecule has 1 aromatic rings. The summed E-state index contributed by atoms with van der Waals surface area (Å²) >= 11 is 0. The summed E-state index contributed by atoms with van der Waals surface area (Å²) in [7, 11) is -3.74. The van der Waals surface area contributed by atoms with Gasteiger partial charge in [0, 0.05) is 12.6 Å². The molecule has 1 saturated heterocycles. The lowest BCUT2D eigenvalue weighted by atomic mass is 10.0. The molecule has 1 aromatic carbocycles. The largest absolute Gasteiger partial charge is 0.352 e. The summed E-state index contributed by atoms with van der Waals surface area (Å²) in [6, 6.07) is 7.29. The first-order valence-corrected chi connectivity index (χ1v) is 9.90. The van der Waals surface area contributed by atoms with Crippen LogP contribution in [0.5, 0.6) is 0 Å². The predicted octanol–water partition coefficient (Wildman–Crippen LogP) is 0.871. The van der Waals surface area contributed by atoms with E-state index >= 15 is 0 Å². The number of carbonyl (C=O) groups excluding carboxylic acids is 2. The third-order valence-electron chi connectivity index (χ3n) is 3.98.